The van der Waals surface area contributed by atoms with E-state index in [9.17, 15) is 4.79 Å². The molecule has 2 rings (SSSR count). The SMILES string of the molecule is CCCCSc1nnc(NC(=O)COc2ccc(Br)cc2Br)s1. The third-order valence-electron chi connectivity index (χ3n) is 2.63. The molecule has 0 spiro atoms. The van der Waals surface area contributed by atoms with Crippen molar-refractivity contribution in [2.75, 3.05) is 17.7 Å². The van der Waals surface area contributed by atoms with Crippen molar-refractivity contribution >= 4 is 66.0 Å². The summed E-state index contributed by atoms with van der Waals surface area (Å²) in [5.41, 5.74) is 0. The first-order chi connectivity index (χ1) is 11.1. The van der Waals surface area contributed by atoms with E-state index in [0.717, 1.165) is 31.9 Å². The highest BCUT2D eigenvalue weighted by atomic mass is 79.9. The Morgan fingerprint density at radius 2 is 2.22 bits per heavy atom. The third kappa shape index (κ3) is 6.40. The maximum Gasteiger partial charge on any atom is 0.264 e. The highest BCUT2D eigenvalue weighted by molar-refractivity contribution is 9.11. The van der Waals surface area contributed by atoms with Crippen molar-refractivity contribution in [2.24, 2.45) is 0 Å². The van der Waals surface area contributed by atoms with Crippen LogP contribution in [0.4, 0.5) is 5.13 Å². The number of carbonyl (C=O) groups is 1. The van der Waals surface area contributed by atoms with Gasteiger partial charge in [-0.2, -0.15) is 0 Å². The molecule has 124 valence electrons. The summed E-state index contributed by atoms with van der Waals surface area (Å²) in [5, 5.41) is 11.2. The number of unbranched alkanes of at least 4 members (excludes halogenated alkanes) is 1. The fraction of sp³-hybridized carbons (Fsp3) is 0.357. The third-order valence-corrected chi connectivity index (χ3v) is 5.80. The van der Waals surface area contributed by atoms with E-state index >= 15 is 0 Å². The predicted molar refractivity (Wildman–Crippen MR) is 102 cm³/mol. The van der Waals surface area contributed by atoms with Crippen molar-refractivity contribution in [3.8, 4) is 5.75 Å². The van der Waals surface area contributed by atoms with Gasteiger partial charge in [-0.25, -0.2) is 0 Å². The molecule has 0 atom stereocenters. The van der Waals surface area contributed by atoms with Gasteiger partial charge in [-0.05, 0) is 40.5 Å². The van der Waals surface area contributed by atoms with Crippen LogP contribution in [0.5, 0.6) is 5.75 Å². The van der Waals surface area contributed by atoms with Gasteiger partial charge in [0.15, 0.2) is 10.9 Å². The van der Waals surface area contributed by atoms with Crippen LogP contribution in [0, 0.1) is 0 Å². The van der Waals surface area contributed by atoms with E-state index in [-0.39, 0.29) is 12.5 Å². The molecule has 1 heterocycles. The normalized spacial score (nSPS) is 10.6. The molecule has 0 fully saturated rings. The first kappa shape index (κ1) is 18.7. The molecule has 0 saturated carbocycles. The number of nitrogens with zero attached hydrogens (tertiary/aromatic N) is 2. The summed E-state index contributed by atoms with van der Waals surface area (Å²) in [4.78, 5) is 11.9. The molecule has 23 heavy (non-hydrogen) atoms. The molecule has 0 saturated heterocycles. The summed E-state index contributed by atoms with van der Waals surface area (Å²) in [7, 11) is 0. The van der Waals surface area contributed by atoms with E-state index in [1.165, 1.54) is 11.3 Å². The Morgan fingerprint density at radius 1 is 1.39 bits per heavy atom. The molecular weight excluding hydrogens is 466 g/mol. The number of ether oxygens (including phenoxy) is 1. The van der Waals surface area contributed by atoms with Crippen molar-refractivity contribution in [2.45, 2.75) is 24.1 Å². The number of nitrogens with one attached hydrogen (secondary N) is 1. The van der Waals surface area contributed by atoms with Gasteiger partial charge in [0.05, 0.1) is 4.47 Å². The second-order valence-corrected chi connectivity index (χ2v) is 8.58. The van der Waals surface area contributed by atoms with Crippen LogP contribution in [0.2, 0.25) is 0 Å². The zero-order valence-electron chi connectivity index (χ0n) is 12.3. The molecule has 0 radical (unpaired) electrons. The minimum Gasteiger partial charge on any atom is -0.483 e. The summed E-state index contributed by atoms with van der Waals surface area (Å²) < 4.78 is 8.07. The monoisotopic (exact) mass is 479 g/mol. The van der Waals surface area contributed by atoms with Crippen LogP contribution < -0.4 is 10.1 Å². The predicted octanol–water partition coefficient (Wildman–Crippen LogP) is 4.97. The standard InChI is InChI=1S/C14H15Br2N3O2S2/c1-2-3-6-22-14-19-18-13(23-14)17-12(20)8-21-11-5-4-9(15)7-10(11)16/h4-5,7H,2-3,6,8H2,1H3,(H,17,18,20). The molecule has 1 amide bonds. The number of amides is 1. The van der Waals surface area contributed by atoms with Gasteiger partial charge < -0.3 is 4.74 Å². The maximum atomic E-state index is 11.9. The summed E-state index contributed by atoms with van der Waals surface area (Å²) in [5.74, 6) is 1.36. The van der Waals surface area contributed by atoms with Gasteiger partial charge in [0, 0.05) is 10.2 Å². The molecule has 0 unspecified atom stereocenters. The van der Waals surface area contributed by atoms with Crippen LogP contribution >= 0.6 is 55.0 Å². The Morgan fingerprint density at radius 3 is 2.96 bits per heavy atom. The minimum atomic E-state index is -0.263. The van der Waals surface area contributed by atoms with E-state index in [1.807, 2.05) is 12.1 Å². The average molecular weight is 481 g/mol. The zero-order valence-corrected chi connectivity index (χ0v) is 17.1. The fourth-order valence-corrected chi connectivity index (χ4v) is 4.60. The van der Waals surface area contributed by atoms with Crippen LogP contribution in [0.1, 0.15) is 19.8 Å². The second kappa shape index (κ2) is 9.61. The van der Waals surface area contributed by atoms with E-state index in [4.69, 9.17) is 4.74 Å². The summed E-state index contributed by atoms with van der Waals surface area (Å²) in [6.45, 7) is 2.06. The average Bonchev–Trinajstić information content (AvgIpc) is 2.94. The topological polar surface area (TPSA) is 64.1 Å². The molecular formula is C14H15Br2N3O2S2. The summed E-state index contributed by atoms with van der Waals surface area (Å²) in [6.07, 6.45) is 2.29. The summed E-state index contributed by atoms with van der Waals surface area (Å²) in [6, 6.07) is 5.50. The fourth-order valence-electron chi connectivity index (χ4n) is 1.51. The van der Waals surface area contributed by atoms with Crippen molar-refractivity contribution < 1.29 is 9.53 Å². The molecule has 0 aliphatic carbocycles. The van der Waals surface area contributed by atoms with Gasteiger partial charge in [-0.15, -0.1) is 10.2 Å². The number of aromatic nitrogens is 2. The van der Waals surface area contributed by atoms with Crippen molar-refractivity contribution in [3.63, 3.8) is 0 Å². The van der Waals surface area contributed by atoms with Gasteiger partial charge in [0.1, 0.15) is 5.75 Å². The smallest absolute Gasteiger partial charge is 0.264 e. The Bertz CT molecular complexity index is 667. The van der Waals surface area contributed by atoms with E-state index in [2.05, 4.69) is 54.3 Å². The lowest BCUT2D eigenvalue weighted by Gasteiger charge is -2.07. The molecule has 0 aliphatic rings. The molecule has 1 N–H and O–H groups in total. The van der Waals surface area contributed by atoms with Gasteiger partial charge in [0.25, 0.3) is 5.91 Å². The largest absolute Gasteiger partial charge is 0.483 e. The number of thioether (sulfide) groups is 1. The van der Waals surface area contributed by atoms with E-state index < -0.39 is 0 Å². The summed E-state index contributed by atoms with van der Waals surface area (Å²) >= 11 is 9.79. The Hall–Kier alpha value is -0.640. The highest BCUT2D eigenvalue weighted by Crippen LogP contribution is 2.28. The van der Waals surface area contributed by atoms with Crippen LogP contribution in [0.15, 0.2) is 31.5 Å². The lowest BCUT2D eigenvalue weighted by molar-refractivity contribution is -0.118. The first-order valence-corrected chi connectivity index (χ1v) is 10.3. The number of hydrogen-bond donors (Lipinski definition) is 1. The zero-order chi connectivity index (χ0) is 16.7. The van der Waals surface area contributed by atoms with Crippen LogP contribution in [0.25, 0.3) is 0 Å². The Balaban J connectivity index is 1.80. The molecule has 1 aromatic heterocycles. The number of carbonyl (C=O) groups excluding carboxylic acids is 1. The maximum absolute atomic E-state index is 11.9. The molecule has 1 aromatic carbocycles. The van der Waals surface area contributed by atoms with Crippen molar-refractivity contribution in [1.29, 1.82) is 0 Å². The van der Waals surface area contributed by atoms with Gasteiger partial charge in [-0.3, -0.25) is 10.1 Å². The van der Waals surface area contributed by atoms with Gasteiger partial charge >= 0.3 is 0 Å². The molecule has 9 heteroatoms. The second-order valence-electron chi connectivity index (χ2n) is 4.49. The van der Waals surface area contributed by atoms with Crippen LogP contribution in [-0.2, 0) is 4.79 Å². The molecule has 0 bridgehead atoms. The number of benzene rings is 1. The minimum absolute atomic E-state index is 0.0852. The lowest BCUT2D eigenvalue weighted by Crippen LogP contribution is -2.20. The van der Waals surface area contributed by atoms with Gasteiger partial charge in [-0.1, -0.05) is 52.4 Å². The Labute approximate surface area is 159 Å². The lowest BCUT2D eigenvalue weighted by atomic mass is 10.3. The highest BCUT2D eigenvalue weighted by Gasteiger charge is 2.10. The van der Waals surface area contributed by atoms with Crippen molar-refractivity contribution in [1.82, 2.24) is 10.2 Å². The molecule has 5 nitrogen and oxygen atoms in total. The number of hydrogen-bond acceptors (Lipinski definition) is 6. The van der Waals surface area contributed by atoms with Gasteiger partial charge in [0.2, 0.25) is 5.13 Å². The van der Waals surface area contributed by atoms with E-state index in [0.29, 0.717) is 10.9 Å². The number of rotatable bonds is 8. The van der Waals surface area contributed by atoms with E-state index in [1.54, 1.807) is 17.8 Å². The number of halogens is 2. The Kier molecular flexibility index (Phi) is 7.81. The number of anilines is 1. The quantitative estimate of drug-likeness (QED) is 0.328. The molecule has 0 aliphatic heterocycles. The van der Waals surface area contributed by atoms with Crippen LogP contribution in [-0.4, -0.2) is 28.5 Å². The molecule has 2 aromatic rings. The van der Waals surface area contributed by atoms with Crippen molar-refractivity contribution in [3.05, 3.63) is 27.1 Å². The first-order valence-electron chi connectivity index (χ1n) is 6.92. The van der Waals surface area contributed by atoms with Crippen LogP contribution in [0.3, 0.4) is 0 Å².